The summed E-state index contributed by atoms with van der Waals surface area (Å²) in [5.74, 6) is -1.16. The van der Waals surface area contributed by atoms with Crippen LogP contribution in [-0.2, 0) is 14.3 Å². The van der Waals surface area contributed by atoms with Crippen LogP contribution >= 0.6 is 0 Å². The van der Waals surface area contributed by atoms with Gasteiger partial charge in [0.2, 0.25) is 5.78 Å². The van der Waals surface area contributed by atoms with Crippen LogP contribution in [0.15, 0.2) is 0 Å². The number of ether oxygens (including phenoxy) is 1. The molecule has 6 nitrogen and oxygen atoms in total. The zero-order valence-electron chi connectivity index (χ0n) is 9.69. The summed E-state index contributed by atoms with van der Waals surface area (Å²) in [7, 11) is 0. The molecule has 1 aliphatic heterocycles. The fraction of sp³-hybridized carbons (Fsp3) is 0.700. The van der Waals surface area contributed by atoms with Crippen LogP contribution in [0.4, 0.5) is 0 Å². The van der Waals surface area contributed by atoms with Gasteiger partial charge in [-0.3, -0.25) is 9.59 Å². The molecule has 0 bridgehead atoms. The van der Waals surface area contributed by atoms with Crippen molar-refractivity contribution in [1.82, 2.24) is 4.90 Å². The van der Waals surface area contributed by atoms with Crippen LogP contribution < -0.4 is 0 Å². The fourth-order valence-electron chi connectivity index (χ4n) is 1.63. The highest BCUT2D eigenvalue weighted by Gasteiger charge is 2.41. The Hall–Kier alpha value is -1.52. The molecule has 1 heterocycles. The molecule has 1 amide bonds. The van der Waals surface area contributed by atoms with E-state index >= 15 is 0 Å². The number of carbonyl (C=O) groups is 2. The highest BCUT2D eigenvalue weighted by molar-refractivity contribution is 6.63. The van der Waals surface area contributed by atoms with Gasteiger partial charge < -0.3 is 15.2 Å². The number of amides is 1. The first-order chi connectivity index (χ1) is 7.40. The highest BCUT2D eigenvalue weighted by atomic mass is 16.5. The molecule has 16 heavy (non-hydrogen) atoms. The summed E-state index contributed by atoms with van der Waals surface area (Å²) in [6.07, 6.45) is 0.700. The van der Waals surface area contributed by atoms with E-state index in [2.05, 4.69) is 4.79 Å². The summed E-state index contributed by atoms with van der Waals surface area (Å²) in [5.41, 5.74) is 7.41. The first kappa shape index (κ1) is 12.5. The first-order valence-electron chi connectivity index (χ1n) is 5.09. The molecular formula is C10H15N3O3. The molecule has 0 spiro atoms. The summed E-state index contributed by atoms with van der Waals surface area (Å²) in [5, 5.41) is 0. The van der Waals surface area contributed by atoms with E-state index in [-0.39, 0.29) is 0 Å². The summed E-state index contributed by atoms with van der Waals surface area (Å²) in [4.78, 5) is 27.2. The van der Waals surface area contributed by atoms with Gasteiger partial charge in [0.1, 0.15) is 5.72 Å². The lowest BCUT2D eigenvalue weighted by Gasteiger charge is -2.40. The Morgan fingerprint density at radius 1 is 1.44 bits per heavy atom. The zero-order valence-corrected chi connectivity index (χ0v) is 9.69. The third-order valence-corrected chi connectivity index (χ3v) is 2.51. The summed E-state index contributed by atoms with van der Waals surface area (Å²) < 4.78 is 5.43. The van der Waals surface area contributed by atoms with Crippen LogP contribution in [0.25, 0.3) is 5.53 Å². The number of rotatable bonds is 2. The maximum absolute atomic E-state index is 11.9. The lowest BCUT2D eigenvalue weighted by atomic mass is 10.1. The topological polar surface area (TPSA) is 83.0 Å². The molecule has 6 heteroatoms. The predicted molar refractivity (Wildman–Crippen MR) is 55.7 cm³/mol. The lowest BCUT2D eigenvalue weighted by Crippen LogP contribution is -2.56. The molecule has 1 aliphatic rings. The normalized spacial score (nSPS) is 18.8. The molecule has 0 atom stereocenters. The van der Waals surface area contributed by atoms with Crippen molar-refractivity contribution in [2.24, 2.45) is 0 Å². The molecule has 1 saturated heterocycles. The van der Waals surface area contributed by atoms with Crippen LogP contribution in [0.5, 0.6) is 0 Å². The van der Waals surface area contributed by atoms with E-state index in [0.717, 1.165) is 0 Å². The van der Waals surface area contributed by atoms with Crippen molar-refractivity contribution >= 4 is 17.4 Å². The molecule has 0 aromatic rings. The second-order valence-electron chi connectivity index (χ2n) is 4.11. The van der Waals surface area contributed by atoms with Gasteiger partial charge in [0.05, 0.1) is 6.61 Å². The Labute approximate surface area is 93.8 Å². The molecule has 0 aromatic carbocycles. The number of nitrogens with zero attached hydrogens (tertiary/aromatic N) is 3. The van der Waals surface area contributed by atoms with Crippen molar-refractivity contribution in [2.75, 3.05) is 13.2 Å². The van der Waals surface area contributed by atoms with Crippen molar-refractivity contribution in [1.29, 1.82) is 0 Å². The minimum Gasteiger partial charge on any atom is -0.360 e. The summed E-state index contributed by atoms with van der Waals surface area (Å²) >= 11 is 0. The van der Waals surface area contributed by atoms with Gasteiger partial charge in [-0.05, 0) is 20.3 Å². The van der Waals surface area contributed by atoms with Crippen LogP contribution in [0.3, 0.4) is 0 Å². The molecule has 0 radical (unpaired) electrons. The molecule has 1 fully saturated rings. The van der Waals surface area contributed by atoms with Crippen molar-refractivity contribution in [3.8, 4) is 0 Å². The van der Waals surface area contributed by atoms with Gasteiger partial charge in [-0.25, -0.2) is 0 Å². The maximum Gasteiger partial charge on any atom is 0.421 e. The molecule has 0 aliphatic carbocycles. The van der Waals surface area contributed by atoms with E-state index in [1.54, 1.807) is 13.8 Å². The zero-order chi connectivity index (χ0) is 12.3. The second kappa shape index (κ2) is 4.55. The quantitative estimate of drug-likeness (QED) is 0.292. The van der Waals surface area contributed by atoms with E-state index < -0.39 is 23.1 Å². The standard InChI is InChI=1S/C10H15N3O3/c1-7(14)8(12-11)9(15)13-5-4-6-16-10(13,2)3/h4-6H2,1-3H3. The van der Waals surface area contributed by atoms with Crippen LogP contribution in [0.1, 0.15) is 27.2 Å². The van der Waals surface area contributed by atoms with E-state index in [1.807, 2.05) is 0 Å². The Kier molecular flexibility index (Phi) is 3.57. The molecule has 88 valence electrons. The van der Waals surface area contributed by atoms with Crippen molar-refractivity contribution < 1.29 is 19.1 Å². The van der Waals surface area contributed by atoms with Crippen LogP contribution in [-0.4, -0.2) is 46.0 Å². The van der Waals surface area contributed by atoms with Crippen molar-refractivity contribution in [3.63, 3.8) is 0 Å². The minimum absolute atomic E-state index is 0.460. The van der Waals surface area contributed by atoms with E-state index in [9.17, 15) is 9.59 Å². The number of hydrogen-bond acceptors (Lipinski definition) is 3. The highest BCUT2D eigenvalue weighted by Crippen LogP contribution is 2.21. The number of hydrogen-bond donors (Lipinski definition) is 0. The Morgan fingerprint density at radius 3 is 2.50 bits per heavy atom. The van der Waals surface area contributed by atoms with Gasteiger partial charge in [0.25, 0.3) is 0 Å². The molecule has 0 aromatic heterocycles. The number of Topliss-reactive ketones (excluding diaryl/α,β-unsaturated/α-hetero) is 1. The molecule has 0 unspecified atom stereocenters. The van der Waals surface area contributed by atoms with E-state index in [4.69, 9.17) is 10.3 Å². The molecule has 1 rings (SSSR count). The molecule has 0 N–H and O–H groups in total. The van der Waals surface area contributed by atoms with Gasteiger partial charge >= 0.3 is 11.6 Å². The SMILES string of the molecule is CC(=O)C(=[N+]=[N-])C(=O)N1CCCOC1(C)C. The largest absolute Gasteiger partial charge is 0.421 e. The van der Waals surface area contributed by atoms with E-state index in [1.165, 1.54) is 11.8 Å². The van der Waals surface area contributed by atoms with Gasteiger partial charge in [0.15, 0.2) is 0 Å². The number of ketones is 1. The van der Waals surface area contributed by atoms with Crippen molar-refractivity contribution in [2.45, 2.75) is 32.9 Å². The smallest absolute Gasteiger partial charge is 0.360 e. The minimum atomic E-state index is -0.777. The molecule has 0 saturated carbocycles. The third-order valence-electron chi connectivity index (χ3n) is 2.51. The van der Waals surface area contributed by atoms with Gasteiger partial charge in [-0.15, -0.1) is 0 Å². The third kappa shape index (κ3) is 2.35. The van der Waals surface area contributed by atoms with Gasteiger partial charge in [-0.1, -0.05) is 0 Å². The Morgan fingerprint density at radius 2 is 2.06 bits per heavy atom. The van der Waals surface area contributed by atoms with Gasteiger partial charge in [-0.2, -0.15) is 4.79 Å². The Balaban J connectivity index is 2.96. The Bertz CT molecular complexity index is 370. The first-order valence-corrected chi connectivity index (χ1v) is 5.09. The average molecular weight is 225 g/mol. The van der Waals surface area contributed by atoms with Crippen LogP contribution in [0, 0.1) is 0 Å². The van der Waals surface area contributed by atoms with Crippen LogP contribution in [0.2, 0.25) is 0 Å². The summed E-state index contributed by atoms with van der Waals surface area (Å²) in [6.45, 7) is 5.71. The summed E-state index contributed by atoms with van der Waals surface area (Å²) in [6, 6.07) is 0. The maximum atomic E-state index is 11.9. The average Bonchev–Trinajstić information content (AvgIpc) is 2.17. The van der Waals surface area contributed by atoms with Gasteiger partial charge in [0, 0.05) is 13.5 Å². The fourth-order valence-corrected chi connectivity index (χ4v) is 1.63. The monoisotopic (exact) mass is 225 g/mol. The molecular weight excluding hydrogens is 210 g/mol. The number of carbonyl (C=O) groups excluding carboxylic acids is 2. The second-order valence-corrected chi connectivity index (χ2v) is 4.11. The lowest BCUT2D eigenvalue weighted by molar-refractivity contribution is -0.178. The van der Waals surface area contributed by atoms with E-state index in [0.29, 0.717) is 19.6 Å². The predicted octanol–water partition coefficient (Wildman–Crippen LogP) is 0.231. The van der Waals surface area contributed by atoms with Crippen molar-refractivity contribution in [3.05, 3.63) is 5.53 Å².